The number of aldehydes is 1. The van der Waals surface area contributed by atoms with Crippen molar-refractivity contribution < 1.29 is 23.9 Å². The molecule has 0 atom stereocenters. The lowest BCUT2D eigenvalue weighted by molar-refractivity contribution is -0.129. The lowest BCUT2D eigenvalue weighted by Crippen LogP contribution is -2.61. The molecule has 148 valence electrons. The first-order chi connectivity index (χ1) is 14.0. The predicted octanol–water partition coefficient (Wildman–Crippen LogP) is 2.95. The zero-order valence-corrected chi connectivity index (χ0v) is 15.7. The number of benzene rings is 2. The Bertz CT molecular complexity index is 977. The van der Waals surface area contributed by atoms with Crippen LogP contribution in [0.15, 0.2) is 48.5 Å². The van der Waals surface area contributed by atoms with Crippen molar-refractivity contribution in [2.24, 2.45) is 0 Å². The third-order valence-corrected chi connectivity index (χ3v) is 5.53. The quantitative estimate of drug-likeness (QED) is 0.638. The molecule has 0 saturated heterocycles. The Morgan fingerprint density at radius 3 is 2.45 bits per heavy atom. The van der Waals surface area contributed by atoms with Gasteiger partial charge in [0.25, 0.3) is 11.8 Å². The van der Waals surface area contributed by atoms with Crippen LogP contribution in [-0.2, 0) is 14.3 Å². The number of anilines is 2. The molecular formula is C22H20N2O5. The smallest absolute Gasteiger partial charge is 0.338 e. The largest absolute Gasteiger partial charge is 0.452 e. The fourth-order valence-corrected chi connectivity index (χ4v) is 4.10. The summed E-state index contributed by atoms with van der Waals surface area (Å²) in [5, 5.41) is 2.91. The number of hydrogen-bond acceptors (Lipinski definition) is 5. The van der Waals surface area contributed by atoms with Crippen LogP contribution in [0.1, 0.15) is 46.4 Å². The fourth-order valence-electron chi connectivity index (χ4n) is 4.10. The first-order valence-electron chi connectivity index (χ1n) is 9.51. The molecule has 29 heavy (non-hydrogen) atoms. The molecule has 7 nitrogen and oxygen atoms in total. The Balaban J connectivity index is 1.56. The molecule has 7 heteroatoms. The number of hydrogen-bond donors (Lipinski definition) is 1. The highest BCUT2D eigenvalue weighted by Gasteiger charge is 2.52. The maximum Gasteiger partial charge on any atom is 0.338 e. The van der Waals surface area contributed by atoms with Gasteiger partial charge in [-0.2, -0.15) is 0 Å². The van der Waals surface area contributed by atoms with E-state index in [4.69, 9.17) is 4.74 Å². The van der Waals surface area contributed by atoms with E-state index >= 15 is 0 Å². The number of nitrogens with one attached hydrogen (secondary N) is 1. The molecule has 1 aliphatic carbocycles. The van der Waals surface area contributed by atoms with E-state index in [-0.39, 0.29) is 11.5 Å². The SMILES string of the molecule is O=Cc1ccc(C(=O)OCC(=O)N2c3ccccc3NC(=O)C23CCCC3)cc1. The number of nitrogens with zero attached hydrogens (tertiary/aromatic N) is 1. The van der Waals surface area contributed by atoms with Crippen molar-refractivity contribution in [3.8, 4) is 0 Å². The molecule has 2 aromatic carbocycles. The molecule has 2 aliphatic rings. The van der Waals surface area contributed by atoms with Crippen LogP contribution in [0.2, 0.25) is 0 Å². The zero-order valence-electron chi connectivity index (χ0n) is 15.7. The van der Waals surface area contributed by atoms with Gasteiger partial charge < -0.3 is 10.1 Å². The van der Waals surface area contributed by atoms with Crippen molar-refractivity contribution in [2.75, 3.05) is 16.8 Å². The molecule has 1 N–H and O–H groups in total. The van der Waals surface area contributed by atoms with E-state index in [0.29, 0.717) is 36.1 Å². The van der Waals surface area contributed by atoms with Gasteiger partial charge in [-0.05, 0) is 37.1 Å². The van der Waals surface area contributed by atoms with Crippen molar-refractivity contribution in [2.45, 2.75) is 31.2 Å². The second-order valence-electron chi connectivity index (χ2n) is 7.26. The Labute approximate surface area is 167 Å². The van der Waals surface area contributed by atoms with Gasteiger partial charge >= 0.3 is 5.97 Å². The van der Waals surface area contributed by atoms with E-state index in [2.05, 4.69) is 5.32 Å². The number of rotatable bonds is 4. The normalized spacial score (nSPS) is 16.8. The van der Waals surface area contributed by atoms with Crippen molar-refractivity contribution in [3.05, 3.63) is 59.7 Å². The minimum absolute atomic E-state index is 0.196. The van der Waals surface area contributed by atoms with E-state index in [1.54, 1.807) is 24.3 Å². The third kappa shape index (κ3) is 3.29. The van der Waals surface area contributed by atoms with Gasteiger partial charge in [-0.1, -0.05) is 37.1 Å². The average molecular weight is 392 g/mol. The summed E-state index contributed by atoms with van der Waals surface area (Å²) in [4.78, 5) is 50.5. The number of carbonyl (C=O) groups is 4. The topological polar surface area (TPSA) is 92.8 Å². The van der Waals surface area contributed by atoms with Gasteiger partial charge in [0.05, 0.1) is 16.9 Å². The monoisotopic (exact) mass is 392 g/mol. The molecule has 1 spiro atoms. The summed E-state index contributed by atoms with van der Waals surface area (Å²) in [6.07, 6.45) is 3.52. The Hall–Kier alpha value is -3.48. The van der Waals surface area contributed by atoms with E-state index in [0.717, 1.165) is 12.8 Å². The summed E-state index contributed by atoms with van der Waals surface area (Å²) in [6, 6.07) is 13.1. The van der Waals surface area contributed by atoms with Gasteiger partial charge in [0.1, 0.15) is 11.8 Å². The molecule has 0 aromatic heterocycles. The molecular weight excluding hydrogens is 372 g/mol. The summed E-state index contributed by atoms with van der Waals surface area (Å²) in [5.74, 6) is -1.30. The average Bonchev–Trinajstić information content (AvgIpc) is 3.23. The molecule has 1 heterocycles. The Morgan fingerprint density at radius 2 is 1.76 bits per heavy atom. The zero-order chi connectivity index (χ0) is 20.4. The van der Waals surface area contributed by atoms with Crippen LogP contribution in [0.3, 0.4) is 0 Å². The van der Waals surface area contributed by atoms with Gasteiger partial charge in [0.2, 0.25) is 0 Å². The van der Waals surface area contributed by atoms with Crippen LogP contribution >= 0.6 is 0 Å². The highest BCUT2D eigenvalue weighted by atomic mass is 16.5. The lowest BCUT2D eigenvalue weighted by atomic mass is 9.90. The maximum absolute atomic E-state index is 13.1. The van der Waals surface area contributed by atoms with Crippen LogP contribution in [0.25, 0.3) is 0 Å². The summed E-state index contributed by atoms with van der Waals surface area (Å²) >= 11 is 0. The third-order valence-electron chi connectivity index (χ3n) is 5.53. The molecule has 1 fully saturated rings. The summed E-state index contributed by atoms with van der Waals surface area (Å²) < 4.78 is 5.22. The summed E-state index contributed by atoms with van der Waals surface area (Å²) in [5.41, 5.74) is 0.931. The molecule has 4 rings (SSSR count). The van der Waals surface area contributed by atoms with Gasteiger partial charge in [0.15, 0.2) is 6.61 Å². The summed E-state index contributed by atoms with van der Waals surface area (Å²) in [6.45, 7) is -0.475. The number of esters is 1. The van der Waals surface area contributed by atoms with E-state index in [1.807, 2.05) is 0 Å². The van der Waals surface area contributed by atoms with Crippen LogP contribution in [-0.4, -0.2) is 36.2 Å². The van der Waals surface area contributed by atoms with Crippen LogP contribution in [0, 0.1) is 0 Å². The van der Waals surface area contributed by atoms with Crippen molar-refractivity contribution in [3.63, 3.8) is 0 Å². The standard InChI is InChI=1S/C22H20N2O5/c25-13-15-7-9-16(10-8-15)20(27)29-14-19(26)24-18-6-2-1-5-17(18)23-21(28)22(24)11-3-4-12-22/h1-2,5-10,13H,3-4,11-12,14H2,(H,23,28). The maximum atomic E-state index is 13.1. The molecule has 0 radical (unpaired) electrons. The first-order valence-corrected chi connectivity index (χ1v) is 9.51. The molecule has 2 aromatic rings. The minimum atomic E-state index is -0.941. The van der Waals surface area contributed by atoms with Gasteiger partial charge in [0, 0.05) is 5.56 Å². The Kier molecular flexibility index (Phi) is 4.88. The van der Waals surface area contributed by atoms with E-state index < -0.39 is 24.0 Å². The second kappa shape index (κ2) is 7.50. The number of fused-ring (bicyclic) bond motifs is 1. The molecule has 1 aliphatic heterocycles. The summed E-state index contributed by atoms with van der Waals surface area (Å²) in [7, 11) is 0. The second-order valence-corrected chi connectivity index (χ2v) is 7.26. The number of para-hydroxylation sites is 2. The van der Waals surface area contributed by atoms with Crippen LogP contribution in [0.5, 0.6) is 0 Å². The van der Waals surface area contributed by atoms with Crippen molar-refractivity contribution in [1.29, 1.82) is 0 Å². The van der Waals surface area contributed by atoms with E-state index in [1.165, 1.54) is 29.2 Å². The van der Waals surface area contributed by atoms with Crippen molar-refractivity contribution >= 4 is 35.4 Å². The van der Waals surface area contributed by atoms with Gasteiger partial charge in [-0.3, -0.25) is 19.3 Å². The fraction of sp³-hybridized carbons (Fsp3) is 0.273. The molecule has 2 amide bonds. The van der Waals surface area contributed by atoms with E-state index in [9.17, 15) is 19.2 Å². The molecule has 1 saturated carbocycles. The van der Waals surface area contributed by atoms with Gasteiger partial charge in [-0.15, -0.1) is 0 Å². The first kappa shape index (κ1) is 18.9. The molecule has 0 bridgehead atoms. The highest BCUT2D eigenvalue weighted by Crippen LogP contribution is 2.45. The Morgan fingerprint density at radius 1 is 1.07 bits per heavy atom. The number of carbonyl (C=O) groups excluding carboxylic acids is 4. The molecule has 0 unspecified atom stereocenters. The number of ether oxygens (including phenoxy) is 1. The van der Waals surface area contributed by atoms with Crippen molar-refractivity contribution in [1.82, 2.24) is 0 Å². The predicted molar refractivity (Wildman–Crippen MR) is 106 cm³/mol. The van der Waals surface area contributed by atoms with Crippen LogP contribution in [0.4, 0.5) is 11.4 Å². The van der Waals surface area contributed by atoms with Gasteiger partial charge in [-0.25, -0.2) is 4.79 Å². The lowest BCUT2D eigenvalue weighted by Gasteiger charge is -2.44. The van der Waals surface area contributed by atoms with Crippen LogP contribution < -0.4 is 10.2 Å². The highest BCUT2D eigenvalue weighted by molar-refractivity contribution is 6.15. The number of amides is 2. The minimum Gasteiger partial charge on any atom is -0.452 e.